The summed E-state index contributed by atoms with van der Waals surface area (Å²) in [5, 5.41) is 6.30. The molecule has 1 aliphatic heterocycles. The smallest absolute Gasteiger partial charge is 0.237 e. The number of carbonyl (C=O) groups is 1. The molecule has 3 rings (SSSR count). The van der Waals surface area contributed by atoms with Crippen molar-refractivity contribution in [2.24, 2.45) is 0 Å². The van der Waals surface area contributed by atoms with Crippen molar-refractivity contribution in [3.05, 3.63) is 56.7 Å². The van der Waals surface area contributed by atoms with E-state index in [0.29, 0.717) is 6.54 Å². The number of amides is 1. The quantitative estimate of drug-likeness (QED) is 0.909. The van der Waals surface area contributed by atoms with Gasteiger partial charge in [-0.3, -0.25) is 4.79 Å². The van der Waals surface area contributed by atoms with E-state index in [1.165, 1.54) is 16.0 Å². The number of fused-ring (bicyclic) bond motifs is 1. The van der Waals surface area contributed by atoms with Gasteiger partial charge in [-0.25, -0.2) is 0 Å². The summed E-state index contributed by atoms with van der Waals surface area (Å²) in [6.45, 7) is 1.41. The molecule has 1 aromatic carbocycles. The van der Waals surface area contributed by atoms with E-state index in [2.05, 4.69) is 22.8 Å². The van der Waals surface area contributed by atoms with Crippen molar-refractivity contribution >= 4 is 28.8 Å². The zero-order valence-electron chi connectivity index (χ0n) is 11.6. The van der Waals surface area contributed by atoms with Crippen molar-refractivity contribution in [2.45, 2.75) is 25.4 Å². The molecule has 2 aromatic rings. The first kappa shape index (κ1) is 14.6. The van der Waals surface area contributed by atoms with Crippen LogP contribution in [0.4, 0.5) is 0 Å². The summed E-state index contributed by atoms with van der Waals surface area (Å²) in [6, 6.07) is 12.0. The number of nitrogens with one attached hydrogen (secondary N) is 2. The van der Waals surface area contributed by atoms with Crippen LogP contribution in [0.2, 0.25) is 4.34 Å². The maximum Gasteiger partial charge on any atom is 0.237 e. The van der Waals surface area contributed by atoms with Crippen molar-refractivity contribution in [1.29, 1.82) is 0 Å². The Hall–Kier alpha value is -1.36. The second-order valence-corrected chi connectivity index (χ2v) is 6.95. The van der Waals surface area contributed by atoms with Crippen molar-refractivity contribution in [1.82, 2.24) is 10.6 Å². The number of hydrogen-bond donors (Lipinski definition) is 2. The predicted molar refractivity (Wildman–Crippen MR) is 86.8 cm³/mol. The van der Waals surface area contributed by atoms with E-state index in [0.717, 1.165) is 23.7 Å². The molecule has 2 heterocycles. The lowest BCUT2D eigenvalue weighted by atomic mass is 9.95. The van der Waals surface area contributed by atoms with Crippen molar-refractivity contribution in [3.63, 3.8) is 0 Å². The summed E-state index contributed by atoms with van der Waals surface area (Å²) in [5.74, 6) is 0.0761. The fraction of sp³-hybridized carbons (Fsp3) is 0.312. The van der Waals surface area contributed by atoms with Gasteiger partial charge in [0.25, 0.3) is 0 Å². The molecule has 0 aliphatic carbocycles. The lowest BCUT2D eigenvalue weighted by molar-refractivity contribution is -0.123. The zero-order valence-corrected chi connectivity index (χ0v) is 13.1. The van der Waals surface area contributed by atoms with E-state index in [-0.39, 0.29) is 11.9 Å². The average Bonchev–Trinajstić information content (AvgIpc) is 2.92. The standard InChI is InChI=1S/C16H17ClN2OS/c17-15-6-5-13(21-15)7-8-18-16(20)14-9-11-3-1-2-4-12(11)10-19-14/h1-6,14,19H,7-10H2,(H,18,20). The molecule has 0 spiro atoms. The lowest BCUT2D eigenvalue weighted by Crippen LogP contribution is -2.48. The van der Waals surface area contributed by atoms with E-state index in [1.54, 1.807) is 11.3 Å². The minimum absolute atomic E-state index is 0.0761. The molecule has 1 aliphatic rings. The van der Waals surface area contributed by atoms with E-state index in [4.69, 9.17) is 11.6 Å². The Bertz CT molecular complexity index is 641. The largest absolute Gasteiger partial charge is 0.354 e. The van der Waals surface area contributed by atoms with Crippen molar-refractivity contribution in [2.75, 3.05) is 6.54 Å². The van der Waals surface area contributed by atoms with Crippen LogP contribution in [0.25, 0.3) is 0 Å². The first-order chi connectivity index (χ1) is 10.2. The topological polar surface area (TPSA) is 41.1 Å². The number of thiophene rings is 1. The Morgan fingerprint density at radius 3 is 2.86 bits per heavy atom. The molecule has 1 aromatic heterocycles. The Morgan fingerprint density at radius 2 is 2.10 bits per heavy atom. The van der Waals surface area contributed by atoms with Gasteiger partial charge in [-0.2, -0.15) is 0 Å². The Morgan fingerprint density at radius 1 is 1.29 bits per heavy atom. The van der Waals surface area contributed by atoms with Crippen LogP contribution in [0.15, 0.2) is 36.4 Å². The second kappa shape index (κ2) is 6.60. The third-order valence-electron chi connectivity index (χ3n) is 3.70. The van der Waals surface area contributed by atoms with Crippen LogP contribution >= 0.6 is 22.9 Å². The Kier molecular flexibility index (Phi) is 4.58. The highest BCUT2D eigenvalue weighted by Crippen LogP contribution is 2.21. The normalized spacial score (nSPS) is 17.3. The molecule has 1 unspecified atom stereocenters. The fourth-order valence-corrected chi connectivity index (χ4v) is 3.64. The molecule has 1 amide bonds. The minimum atomic E-state index is -0.133. The number of rotatable bonds is 4. The van der Waals surface area contributed by atoms with Gasteiger partial charge in [0.2, 0.25) is 5.91 Å². The molecule has 1 atom stereocenters. The Balaban J connectivity index is 1.50. The van der Waals surface area contributed by atoms with Gasteiger partial charge in [-0.05, 0) is 36.1 Å². The van der Waals surface area contributed by atoms with Gasteiger partial charge in [0, 0.05) is 18.0 Å². The molecule has 0 saturated carbocycles. The van der Waals surface area contributed by atoms with Gasteiger partial charge in [0.15, 0.2) is 0 Å². The van der Waals surface area contributed by atoms with Gasteiger partial charge in [0.1, 0.15) is 0 Å². The molecule has 0 radical (unpaired) electrons. The minimum Gasteiger partial charge on any atom is -0.354 e. The highest BCUT2D eigenvalue weighted by Gasteiger charge is 2.23. The predicted octanol–water partition coefficient (Wildman–Crippen LogP) is 2.77. The first-order valence-electron chi connectivity index (χ1n) is 7.04. The van der Waals surface area contributed by atoms with Crippen LogP contribution < -0.4 is 10.6 Å². The van der Waals surface area contributed by atoms with Gasteiger partial charge in [0.05, 0.1) is 10.4 Å². The molecule has 21 heavy (non-hydrogen) atoms. The summed E-state index contributed by atoms with van der Waals surface area (Å²) in [7, 11) is 0. The number of benzene rings is 1. The van der Waals surface area contributed by atoms with E-state index in [1.807, 2.05) is 24.3 Å². The molecule has 0 fully saturated rings. The van der Waals surface area contributed by atoms with Crippen molar-refractivity contribution < 1.29 is 4.79 Å². The van der Waals surface area contributed by atoms with E-state index < -0.39 is 0 Å². The maximum absolute atomic E-state index is 12.2. The average molecular weight is 321 g/mol. The molecule has 2 N–H and O–H groups in total. The summed E-state index contributed by atoms with van der Waals surface area (Å²) >= 11 is 7.46. The van der Waals surface area contributed by atoms with Crippen LogP contribution in [0.3, 0.4) is 0 Å². The maximum atomic E-state index is 12.2. The van der Waals surface area contributed by atoms with Crippen LogP contribution in [0.1, 0.15) is 16.0 Å². The SMILES string of the molecule is O=C(NCCc1ccc(Cl)s1)C1Cc2ccccc2CN1. The molecule has 0 saturated heterocycles. The molecule has 3 nitrogen and oxygen atoms in total. The molecule has 110 valence electrons. The first-order valence-corrected chi connectivity index (χ1v) is 8.24. The monoisotopic (exact) mass is 320 g/mol. The molecule has 0 bridgehead atoms. The number of halogens is 1. The summed E-state index contributed by atoms with van der Waals surface area (Å²) in [4.78, 5) is 13.4. The molecular weight excluding hydrogens is 304 g/mol. The van der Waals surface area contributed by atoms with Crippen LogP contribution in [0.5, 0.6) is 0 Å². The van der Waals surface area contributed by atoms with Crippen LogP contribution in [0, 0.1) is 0 Å². The highest BCUT2D eigenvalue weighted by molar-refractivity contribution is 7.16. The zero-order chi connectivity index (χ0) is 14.7. The molecule has 5 heteroatoms. The third kappa shape index (κ3) is 3.64. The van der Waals surface area contributed by atoms with E-state index in [9.17, 15) is 4.79 Å². The Labute approximate surface area is 133 Å². The fourth-order valence-electron chi connectivity index (χ4n) is 2.56. The summed E-state index contributed by atoms with van der Waals surface area (Å²) in [6.07, 6.45) is 1.58. The van der Waals surface area contributed by atoms with E-state index >= 15 is 0 Å². The number of hydrogen-bond acceptors (Lipinski definition) is 3. The number of carbonyl (C=O) groups excluding carboxylic acids is 1. The van der Waals surface area contributed by atoms with Gasteiger partial charge >= 0.3 is 0 Å². The third-order valence-corrected chi connectivity index (χ3v) is 4.99. The summed E-state index contributed by atoms with van der Waals surface area (Å²) in [5.41, 5.74) is 2.55. The summed E-state index contributed by atoms with van der Waals surface area (Å²) < 4.78 is 0.793. The van der Waals surface area contributed by atoms with Gasteiger partial charge in [-0.15, -0.1) is 11.3 Å². The van der Waals surface area contributed by atoms with Crippen molar-refractivity contribution in [3.8, 4) is 0 Å². The highest BCUT2D eigenvalue weighted by atomic mass is 35.5. The van der Waals surface area contributed by atoms with Gasteiger partial charge < -0.3 is 10.6 Å². The lowest BCUT2D eigenvalue weighted by Gasteiger charge is -2.25. The van der Waals surface area contributed by atoms with Crippen LogP contribution in [-0.2, 0) is 24.2 Å². The molecular formula is C16H17ClN2OS. The van der Waals surface area contributed by atoms with Gasteiger partial charge in [-0.1, -0.05) is 35.9 Å². The second-order valence-electron chi connectivity index (χ2n) is 5.15. The van der Waals surface area contributed by atoms with Crippen LogP contribution in [-0.4, -0.2) is 18.5 Å².